The van der Waals surface area contributed by atoms with Crippen LogP contribution in [0.25, 0.3) is 0 Å². The minimum atomic E-state index is -0.586. The normalized spacial score (nSPS) is 10.2. The summed E-state index contributed by atoms with van der Waals surface area (Å²) >= 11 is 8.10. The highest BCUT2D eigenvalue weighted by Crippen LogP contribution is 2.21. The van der Waals surface area contributed by atoms with Crippen LogP contribution in [0.5, 0.6) is 0 Å². The minimum absolute atomic E-state index is 0.0764. The number of hydrogen-bond donors (Lipinski definition) is 2. The lowest BCUT2D eigenvalue weighted by Gasteiger charge is -2.09. The zero-order chi connectivity index (χ0) is 15.6. The maximum Gasteiger partial charge on any atom is 0.256 e. The van der Waals surface area contributed by atoms with Crippen LogP contribution in [0.3, 0.4) is 0 Å². The van der Waals surface area contributed by atoms with E-state index in [1.54, 1.807) is 12.1 Å². The summed E-state index contributed by atoms with van der Waals surface area (Å²) in [5.74, 6) is -0.985. The monoisotopic (exact) mass is 366 g/mol. The number of carbonyl (C=O) groups excluding carboxylic acids is 1. The summed E-state index contributed by atoms with van der Waals surface area (Å²) < 4.78 is 14.6. The number of carbonyl (C=O) groups is 1. The smallest absolute Gasteiger partial charge is 0.256 e. The van der Waals surface area contributed by atoms with Crippen LogP contribution in [0.4, 0.5) is 10.1 Å². The average Bonchev–Trinajstić information content (AvgIpc) is 2.40. The number of thiocarbonyl (C=S) groups is 1. The Kier molecular flexibility index (Phi) is 4.69. The van der Waals surface area contributed by atoms with E-state index in [4.69, 9.17) is 18.0 Å². The molecule has 21 heavy (non-hydrogen) atoms. The lowest BCUT2D eigenvalue weighted by molar-refractivity contribution is 0.102. The van der Waals surface area contributed by atoms with Gasteiger partial charge in [0, 0.05) is 10.0 Å². The van der Waals surface area contributed by atoms with Crippen molar-refractivity contribution in [3.8, 4) is 0 Å². The second kappa shape index (κ2) is 6.32. The van der Waals surface area contributed by atoms with Gasteiger partial charge in [0.05, 0.1) is 11.3 Å². The Balaban J connectivity index is 2.25. The van der Waals surface area contributed by atoms with Crippen molar-refractivity contribution in [2.45, 2.75) is 6.92 Å². The van der Waals surface area contributed by atoms with Crippen molar-refractivity contribution in [2.24, 2.45) is 5.73 Å². The SMILES string of the molecule is Cc1ccc(C(=O)Nc2ccc(C(N)=S)cc2F)c(Br)c1. The van der Waals surface area contributed by atoms with E-state index in [9.17, 15) is 9.18 Å². The molecule has 0 aliphatic heterocycles. The van der Waals surface area contributed by atoms with Gasteiger partial charge in [0.1, 0.15) is 10.8 Å². The first-order valence-electron chi connectivity index (χ1n) is 6.05. The molecule has 0 saturated carbocycles. The fourth-order valence-electron chi connectivity index (χ4n) is 1.76. The largest absolute Gasteiger partial charge is 0.389 e. The van der Waals surface area contributed by atoms with Crippen LogP contribution < -0.4 is 11.1 Å². The molecule has 0 aliphatic carbocycles. The molecular weight excluding hydrogens is 355 g/mol. The molecule has 0 atom stereocenters. The fraction of sp³-hybridized carbons (Fsp3) is 0.0667. The van der Waals surface area contributed by atoms with E-state index in [1.165, 1.54) is 12.1 Å². The van der Waals surface area contributed by atoms with E-state index < -0.39 is 11.7 Å². The standard InChI is InChI=1S/C15H12BrFN2OS/c1-8-2-4-10(11(16)6-8)15(20)19-13-5-3-9(14(18)21)7-12(13)17/h2-7H,1H3,(H2,18,21)(H,19,20). The predicted octanol–water partition coefficient (Wildman–Crippen LogP) is 3.78. The van der Waals surface area contributed by atoms with Gasteiger partial charge in [-0.3, -0.25) is 4.79 Å². The van der Waals surface area contributed by atoms with Crippen LogP contribution in [0.1, 0.15) is 21.5 Å². The molecule has 2 aromatic rings. The van der Waals surface area contributed by atoms with Crippen molar-refractivity contribution in [1.82, 2.24) is 0 Å². The Morgan fingerprint density at radius 1 is 1.29 bits per heavy atom. The number of hydrogen-bond acceptors (Lipinski definition) is 2. The van der Waals surface area contributed by atoms with Gasteiger partial charge in [0.2, 0.25) is 0 Å². The van der Waals surface area contributed by atoms with E-state index in [2.05, 4.69) is 21.2 Å². The van der Waals surface area contributed by atoms with Crippen molar-refractivity contribution in [2.75, 3.05) is 5.32 Å². The van der Waals surface area contributed by atoms with Gasteiger partial charge in [-0.1, -0.05) is 18.3 Å². The lowest BCUT2D eigenvalue weighted by Crippen LogP contribution is -2.15. The molecule has 0 saturated heterocycles. The van der Waals surface area contributed by atoms with Crippen LogP contribution in [-0.4, -0.2) is 10.9 Å². The number of amides is 1. The summed E-state index contributed by atoms with van der Waals surface area (Å²) in [6.07, 6.45) is 0. The highest BCUT2D eigenvalue weighted by Gasteiger charge is 2.13. The van der Waals surface area contributed by atoms with Gasteiger partial charge >= 0.3 is 0 Å². The summed E-state index contributed by atoms with van der Waals surface area (Å²) in [4.78, 5) is 12.3. The van der Waals surface area contributed by atoms with E-state index >= 15 is 0 Å². The van der Waals surface area contributed by atoms with E-state index in [0.717, 1.165) is 5.56 Å². The zero-order valence-electron chi connectivity index (χ0n) is 11.1. The Morgan fingerprint density at radius 2 is 2.00 bits per heavy atom. The molecule has 3 nitrogen and oxygen atoms in total. The van der Waals surface area contributed by atoms with Crippen LogP contribution in [0.2, 0.25) is 0 Å². The molecule has 2 rings (SSSR count). The molecule has 0 spiro atoms. The van der Waals surface area contributed by atoms with Crippen LogP contribution in [0.15, 0.2) is 40.9 Å². The number of nitrogens with one attached hydrogen (secondary N) is 1. The number of aryl methyl sites for hydroxylation is 1. The van der Waals surface area contributed by atoms with Gasteiger partial charge < -0.3 is 11.1 Å². The predicted molar refractivity (Wildman–Crippen MR) is 89.1 cm³/mol. The number of benzene rings is 2. The summed E-state index contributed by atoms with van der Waals surface area (Å²) in [5, 5.41) is 2.52. The maximum atomic E-state index is 13.9. The van der Waals surface area contributed by atoms with E-state index in [0.29, 0.717) is 15.6 Å². The van der Waals surface area contributed by atoms with Gasteiger partial charge in [0.25, 0.3) is 5.91 Å². The first-order chi connectivity index (χ1) is 9.88. The van der Waals surface area contributed by atoms with E-state index in [1.807, 2.05) is 19.1 Å². The summed E-state index contributed by atoms with van der Waals surface area (Å²) in [6, 6.07) is 9.50. The Labute approximate surface area is 135 Å². The molecule has 0 fully saturated rings. The molecule has 108 valence electrons. The maximum absolute atomic E-state index is 13.9. The van der Waals surface area contributed by atoms with Crippen LogP contribution in [0, 0.1) is 12.7 Å². The molecule has 0 unspecified atom stereocenters. The Bertz CT molecular complexity index is 734. The number of halogens is 2. The molecule has 3 N–H and O–H groups in total. The molecule has 0 radical (unpaired) electrons. The van der Waals surface area contributed by atoms with Crippen molar-refractivity contribution < 1.29 is 9.18 Å². The number of anilines is 1. The van der Waals surface area contributed by atoms with Gasteiger partial charge in [-0.05, 0) is 58.7 Å². The summed E-state index contributed by atoms with van der Waals surface area (Å²) in [6.45, 7) is 1.92. The third-order valence-electron chi connectivity index (χ3n) is 2.87. The van der Waals surface area contributed by atoms with Crippen LogP contribution >= 0.6 is 28.1 Å². The molecular formula is C15H12BrFN2OS. The Morgan fingerprint density at radius 3 is 2.57 bits per heavy atom. The van der Waals surface area contributed by atoms with Crippen molar-refractivity contribution in [3.05, 3.63) is 63.4 Å². The van der Waals surface area contributed by atoms with Gasteiger partial charge in [0.15, 0.2) is 0 Å². The summed E-state index contributed by atoms with van der Waals surface area (Å²) in [5.41, 5.74) is 7.37. The van der Waals surface area contributed by atoms with Gasteiger partial charge in [-0.15, -0.1) is 0 Å². The zero-order valence-corrected chi connectivity index (χ0v) is 13.5. The molecule has 2 aromatic carbocycles. The Hall–Kier alpha value is -1.79. The second-order valence-corrected chi connectivity index (χ2v) is 5.79. The highest BCUT2D eigenvalue weighted by atomic mass is 79.9. The number of rotatable bonds is 3. The molecule has 0 heterocycles. The first kappa shape index (κ1) is 15.6. The highest BCUT2D eigenvalue weighted by molar-refractivity contribution is 9.10. The third kappa shape index (κ3) is 3.65. The van der Waals surface area contributed by atoms with Crippen molar-refractivity contribution in [1.29, 1.82) is 0 Å². The van der Waals surface area contributed by atoms with Crippen molar-refractivity contribution in [3.63, 3.8) is 0 Å². The number of nitrogens with two attached hydrogens (primary N) is 1. The first-order valence-corrected chi connectivity index (χ1v) is 7.25. The molecule has 0 bridgehead atoms. The molecule has 0 aliphatic rings. The van der Waals surface area contributed by atoms with E-state index in [-0.39, 0.29) is 10.7 Å². The minimum Gasteiger partial charge on any atom is -0.389 e. The summed E-state index contributed by atoms with van der Waals surface area (Å²) in [7, 11) is 0. The van der Waals surface area contributed by atoms with Crippen LogP contribution in [-0.2, 0) is 0 Å². The average molecular weight is 367 g/mol. The molecule has 0 aromatic heterocycles. The third-order valence-corrected chi connectivity index (χ3v) is 3.76. The fourth-order valence-corrected chi connectivity index (χ4v) is 2.56. The van der Waals surface area contributed by atoms with Gasteiger partial charge in [-0.25, -0.2) is 4.39 Å². The topological polar surface area (TPSA) is 55.1 Å². The van der Waals surface area contributed by atoms with Crippen molar-refractivity contribution >= 4 is 44.7 Å². The quantitative estimate of drug-likeness (QED) is 0.812. The lowest BCUT2D eigenvalue weighted by atomic mass is 10.1. The molecule has 1 amide bonds. The van der Waals surface area contributed by atoms with Gasteiger partial charge in [-0.2, -0.15) is 0 Å². The second-order valence-electron chi connectivity index (χ2n) is 4.50. The molecule has 6 heteroatoms.